The average Bonchev–Trinajstić information content (AvgIpc) is 3.15. The molecule has 0 aromatic heterocycles. The molecule has 0 spiro atoms. The molecule has 1 saturated carbocycles. The van der Waals surface area contributed by atoms with E-state index < -0.39 is 0 Å². The highest BCUT2D eigenvalue weighted by molar-refractivity contribution is 4.79. The Morgan fingerprint density at radius 3 is 2.18 bits per heavy atom. The van der Waals surface area contributed by atoms with Gasteiger partial charge in [0.05, 0.1) is 0 Å². The summed E-state index contributed by atoms with van der Waals surface area (Å²) in [5.41, 5.74) is 0. The van der Waals surface area contributed by atoms with Crippen molar-refractivity contribution in [1.82, 2.24) is 5.32 Å². The van der Waals surface area contributed by atoms with Crippen LogP contribution in [0.2, 0.25) is 0 Å². The van der Waals surface area contributed by atoms with Crippen molar-refractivity contribution in [2.75, 3.05) is 6.54 Å². The lowest BCUT2D eigenvalue weighted by molar-refractivity contribution is 0.435. The van der Waals surface area contributed by atoms with Crippen LogP contribution < -0.4 is 5.32 Å². The SMILES string of the molecule is CCCCCCCCCNC(CC)CC1CC1. The molecule has 0 radical (unpaired) electrons. The van der Waals surface area contributed by atoms with E-state index in [0.717, 1.165) is 12.0 Å². The van der Waals surface area contributed by atoms with Gasteiger partial charge in [-0.15, -0.1) is 0 Å². The van der Waals surface area contributed by atoms with Crippen molar-refractivity contribution in [2.24, 2.45) is 5.92 Å². The molecule has 0 amide bonds. The minimum absolute atomic E-state index is 0.808. The van der Waals surface area contributed by atoms with Gasteiger partial charge in [0, 0.05) is 6.04 Å². The van der Waals surface area contributed by atoms with Gasteiger partial charge in [-0.2, -0.15) is 0 Å². The van der Waals surface area contributed by atoms with E-state index in [1.807, 2.05) is 0 Å². The molecule has 0 aromatic carbocycles. The Balaban J connectivity index is 1.81. The van der Waals surface area contributed by atoms with Crippen molar-refractivity contribution < 1.29 is 0 Å². The summed E-state index contributed by atoms with van der Waals surface area (Å²) in [7, 11) is 0. The molecule has 0 bridgehead atoms. The normalized spacial score (nSPS) is 17.3. The van der Waals surface area contributed by atoms with Gasteiger partial charge in [-0.05, 0) is 31.7 Å². The zero-order chi connectivity index (χ0) is 12.3. The molecule has 1 nitrogen and oxygen atoms in total. The van der Waals surface area contributed by atoms with E-state index >= 15 is 0 Å². The molecule has 1 atom stereocenters. The first kappa shape index (κ1) is 15.0. The van der Waals surface area contributed by atoms with Crippen LogP contribution in [0.15, 0.2) is 0 Å². The number of unbranched alkanes of at least 4 members (excludes halogenated alkanes) is 6. The third-order valence-electron chi connectivity index (χ3n) is 4.02. The Labute approximate surface area is 109 Å². The van der Waals surface area contributed by atoms with Crippen LogP contribution >= 0.6 is 0 Å². The van der Waals surface area contributed by atoms with Crippen LogP contribution in [0, 0.1) is 5.92 Å². The minimum Gasteiger partial charge on any atom is -0.314 e. The lowest BCUT2D eigenvalue weighted by Gasteiger charge is -2.16. The smallest absolute Gasteiger partial charge is 0.00670 e. The summed E-state index contributed by atoms with van der Waals surface area (Å²) in [6.07, 6.45) is 15.7. The second kappa shape index (κ2) is 9.94. The second-order valence-corrected chi connectivity index (χ2v) is 5.86. The van der Waals surface area contributed by atoms with Crippen molar-refractivity contribution >= 4 is 0 Å². The van der Waals surface area contributed by atoms with Gasteiger partial charge in [0.15, 0.2) is 0 Å². The molecular weight excluding hydrogens is 206 g/mol. The quantitative estimate of drug-likeness (QED) is 0.477. The Morgan fingerprint density at radius 2 is 1.59 bits per heavy atom. The van der Waals surface area contributed by atoms with Crippen molar-refractivity contribution in [3.05, 3.63) is 0 Å². The highest BCUT2D eigenvalue weighted by atomic mass is 14.9. The predicted molar refractivity (Wildman–Crippen MR) is 77.4 cm³/mol. The molecule has 0 aromatic rings. The Kier molecular flexibility index (Phi) is 8.78. The topological polar surface area (TPSA) is 12.0 Å². The van der Waals surface area contributed by atoms with Gasteiger partial charge in [-0.1, -0.05) is 65.2 Å². The fourth-order valence-electron chi connectivity index (χ4n) is 2.54. The maximum atomic E-state index is 3.74. The van der Waals surface area contributed by atoms with Gasteiger partial charge in [0.1, 0.15) is 0 Å². The molecule has 1 unspecified atom stereocenters. The summed E-state index contributed by atoms with van der Waals surface area (Å²) in [5.74, 6) is 1.07. The third kappa shape index (κ3) is 8.65. The molecular formula is C16H33N. The minimum atomic E-state index is 0.808. The van der Waals surface area contributed by atoms with Crippen LogP contribution in [0.5, 0.6) is 0 Å². The van der Waals surface area contributed by atoms with E-state index in [4.69, 9.17) is 0 Å². The molecule has 1 fully saturated rings. The van der Waals surface area contributed by atoms with E-state index in [1.165, 1.54) is 77.2 Å². The summed E-state index contributed by atoms with van der Waals surface area (Å²) >= 11 is 0. The van der Waals surface area contributed by atoms with Gasteiger partial charge in [-0.25, -0.2) is 0 Å². The predicted octanol–water partition coefficient (Wildman–Crippen LogP) is 4.91. The van der Waals surface area contributed by atoms with Gasteiger partial charge in [-0.3, -0.25) is 0 Å². The van der Waals surface area contributed by atoms with Crippen molar-refractivity contribution in [3.63, 3.8) is 0 Å². The van der Waals surface area contributed by atoms with Crippen LogP contribution in [-0.2, 0) is 0 Å². The molecule has 0 heterocycles. The Morgan fingerprint density at radius 1 is 0.941 bits per heavy atom. The maximum absolute atomic E-state index is 3.74. The summed E-state index contributed by atoms with van der Waals surface area (Å²) in [6, 6.07) is 0.808. The fourth-order valence-corrected chi connectivity index (χ4v) is 2.54. The average molecular weight is 239 g/mol. The van der Waals surface area contributed by atoms with Crippen LogP contribution in [0.3, 0.4) is 0 Å². The van der Waals surface area contributed by atoms with Gasteiger partial charge in [0.2, 0.25) is 0 Å². The standard InChI is InChI=1S/C16H33N/c1-3-5-6-7-8-9-10-13-17-16(4-2)14-15-11-12-15/h15-17H,3-14H2,1-2H3. The zero-order valence-electron chi connectivity index (χ0n) is 12.1. The van der Waals surface area contributed by atoms with E-state index in [-0.39, 0.29) is 0 Å². The van der Waals surface area contributed by atoms with E-state index in [0.29, 0.717) is 0 Å². The number of rotatable bonds is 12. The molecule has 1 heteroatoms. The highest BCUT2D eigenvalue weighted by Crippen LogP contribution is 2.33. The van der Waals surface area contributed by atoms with Crippen LogP contribution in [0.1, 0.15) is 84.5 Å². The van der Waals surface area contributed by atoms with Gasteiger partial charge in [0.25, 0.3) is 0 Å². The Bertz CT molecular complexity index is 163. The molecule has 1 rings (SSSR count). The lowest BCUT2D eigenvalue weighted by atomic mass is 10.1. The largest absolute Gasteiger partial charge is 0.314 e. The first-order chi connectivity index (χ1) is 8.36. The number of hydrogen-bond donors (Lipinski definition) is 1. The zero-order valence-corrected chi connectivity index (χ0v) is 12.1. The number of hydrogen-bond acceptors (Lipinski definition) is 1. The summed E-state index contributed by atoms with van der Waals surface area (Å²) in [4.78, 5) is 0. The van der Waals surface area contributed by atoms with E-state index in [9.17, 15) is 0 Å². The lowest BCUT2D eigenvalue weighted by Crippen LogP contribution is -2.29. The molecule has 102 valence electrons. The van der Waals surface area contributed by atoms with E-state index in [1.54, 1.807) is 0 Å². The molecule has 1 N–H and O–H groups in total. The summed E-state index contributed by atoms with van der Waals surface area (Å²) in [5, 5.41) is 3.74. The van der Waals surface area contributed by atoms with Crippen LogP contribution in [0.25, 0.3) is 0 Å². The van der Waals surface area contributed by atoms with Crippen LogP contribution in [-0.4, -0.2) is 12.6 Å². The second-order valence-electron chi connectivity index (χ2n) is 5.86. The molecule has 17 heavy (non-hydrogen) atoms. The van der Waals surface area contributed by atoms with Crippen molar-refractivity contribution in [2.45, 2.75) is 90.5 Å². The molecule has 0 aliphatic heterocycles. The molecule has 1 aliphatic rings. The Hall–Kier alpha value is -0.0400. The van der Waals surface area contributed by atoms with Crippen LogP contribution in [0.4, 0.5) is 0 Å². The molecule has 1 aliphatic carbocycles. The van der Waals surface area contributed by atoms with Crippen molar-refractivity contribution in [3.8, 4) is 0 Å². The fraction of sp³-hybridized carbons (Fsp3) is 1.00. The first-order valence-corrected chi connectivity index (χ1v) is 8.10. The number of nitrogens with one attached hydrogen (secondary N) is 1. The van der Waals surface area contributed by atoms with Gasteiger partial charge >= 0.3 is 0 Å². The third-order valence-corrected chi connectivity index (χ3v) is 4.02. The first-order valence-electron chi connectivity index (χ1n) is 8.10. The summed E-state index contributed by atoms with van der Waals surface area (Å²) < 4.78 is 0. The molecule has 0 saturated heterocycles. The highest BCUT2D eigenvalue weighted by Gasteiger charge is 2.24. The van der Waals surface area contributed by atoms with Crippen molar-refractivity contribution in [1.29, 1.82) is 0 Å². The van der Waals surface area contributed by atoms with E-state index in [2.05, 4.69) is 19.2 Å². The summed E-state index contributed by atoms with van der Waals surface area (Å²) in [6.45, 7) is 5.86. The van der Waals surface area contributed by atoms with Gasteiger partial charge < -0.3 is 5.32 Å². The maximum Gasteiger partial charge on any atom is 0.00670 e. The monoisotopic (exact) mass is 239 g/mol.